The van der Waals surface area contributed by atoms with Crippen molar-refractivity contribution < 1.29 is 19.1 Å². The van der Waals surface area contributed by atoms with Crippen LogP contribution in [0.15, 0.2) is 42.6 Å². The van der Waals surface area contributed by atoms with Crippen LogP contribution in [-0.4, -0.2) is 23.2 Å². The van der Waals surface area contributed by atoms with Gasteiger partial charge in [-0.1, -0.05) is 50.3 Å². The van der Waals surface area contributed by atoms with Crippen molar-refractivity contribution in [3.63, 3.8) is 0 Å². The average Bonchev–Trinajstić information content (AvgIpc) is 2.79. The van der Waals surface area contributed by atoms with Gasteiger partial charge in [-0.3, -0.25) is 0 Å². The molecule has 2 rings (SSSR count). The minimum absolute atomic E-state index is 0.0363. The van der Waals surface area contributed by atoms with Crippen LogP contribution in [0, 0.1) is 0 Å². The fourth-order valence-corrected chi connectivity index (χ4v) is 2.10. The van der Waals surface area contributed by atoms with Gasteiger partial charge < -0.3 is 9.47 Å². The molecule has 1 atom stereocenters. The summed E-state index contributed by atoms with van der Waals surface area (Å²) >= 11 is 0. The molecular weight excluding hydrogens is 270 g/mol. The molecular formula is C16H19NO4. The Morgan fingerprint density at radius 3 is 2.76 bits per heavy atom. The summed E-state index contributed by atoms with van der Waals surface area (Å²) in [5.74, 6) is -0.562. The van der Waals surface area contributed by atoms with Gasteiger partial charge in [0.05, 0.1) is 0 Å². The number of carbonyl (C=O) groups excluding carboxylic acids is 2. The quantitative estimate of drug-likeness (QED) is 0.617. The van der Waals surface area contributed by atoms with Crippen LogP contribution < -0.4 is 0 Å². The number of nitrogens with zero attached hydrogens (tertiary/aromatic N) is 1. The Labute approximate surface area is 124 Å². The largest absolute Gasteiger partial charge is 0.444 e. The molecule has 0 unspecified atom stereocenters. The Balaban J connectivity index is 1.98. The van der Waals surface area contributed by atoms with E-state index in [1.807, 2.05) is 37.3 Å². The van der Waals surface area contributed by atoms with E-state index in [2.05, 4.69) is 6.58 Å². The zero-order valence-corrected chi connectivity index (χ0v) is 12.1. The second-order valence-electron chi connectivity index (χ2n) is 4.86. The number of ether oxygens (including phenoxy) is 2. The second-order valence-corrected chi connectivity index (χ2v) is 4.86. The van der Waals surface area contributed by atoms with E-state index < -0.39 is 18.3 Å². The van der Waals surface area contributed by atoms with Gasteiger partial charge in [-0.15, -0.1) is 0 Å². The fraction of sp³-hybridized carbons (Fsp3) is 0.375. The summed E-state index contributed by atoms with van der Waals surface area (Å²) in [5.41, 5.74) is 0.919. The molecule has 21 heavy (non-hydrogen) atoms. The van der Waals surface area contributed by atoms with Gasteiger partial charge in [-0.25, -0.2) is 14.5 Å². The second kappa shape index (κ2) is 6.92. The van der Waals surface area contributed by atoms with E-state index in [4.69, 9.17) is 9.47 Å². The molecule has 0 saturated carbocycles. The van der Waals surface area contributed by atoms with Crippen molar-refractivity contribution in [3.8, 4) is 0 Å². The third kappa shape index (κ3) is 3.62. The number of carbonyl (C=O) groups is 2. The molecule has 1 aromatic rings. The summed E-state index contributed by atoms with van der Waals surface area (Å²) in [4.78, 5) is 24.9. The first kappa shape index (κ1) is 15.1. The molecule has 1 aliphatic heterocycles. The predicted octanol–water partition coefficient (Wildman–Crippen LogP) is 3.21. The van der Waals surface area contributed by atoms with Crippen LogP contribution >= 0.6 is 0 Å². The third-order valence-corrected chi connectivity index (χ3v) is 3.26. The molecule has 5 nitrogen and oxygen atoms in total. The maximum absolute atomic E-state index is 12.2. The van der Waals surface area contributed by atoms with E-state index in [0.29, 0.717) is 6.42 Å². The monoisotopic (exact) mass is 289 g/mol. The molecule has 1 aliphatic rings. The molecule has 1 heterocycles. The molecule has 0 bridgehead atoms. The third-order valence-electron chi connectivity index (χ3n) is 3.26. The Hall–Kier alpha value is -2.30. The highest BCUT2D eigenvalue weighted by atomic mass is 16.6. The van der Waals surface area contributed by atoms with Crippen molar-refractivity contribution in [1.82, 2.24) is 4.90 Å². The van der Waals surface area contributed by atoms with Crippen molar-refractivity contribution in [1.29, 1.82) is 0 Å². The SMILES string of the molecule is C=C1C(=O)O[C@@H](CCCC)N1C(=O)OCc1ccccc1. The highest BCUT2D eigenvalue weighted by molar-refractivity contribution is 5.94. The minimum Gasteiger partial charge on any atom is -0.444 e. The van der Waals surface area contributed by atoms with Crippen LogP contribution in [0.2, 0.25) is 0 Å². The zero-order chi connectivity index (χ0) is 15.2. The summed E-state index contributed by atoms with van der Waals surface area (Å²) in [6.07, 6.45) is 1.19. The number of hydrogen-bond acceptors (Lipinski definition) is 4. The van der Waals surface area contributed by atoms with Gasteiger partial charge in [0.2, 0.25) is 0 Å². The highest BCUT2D eigenvalue weighted by Gasteiger charge is 2.40. The minimum atomic E-state index is -0.603. The Bertz CT molecular complexity index is 526. The van der Waals surface area contributed by atoms with Gasteiger partial charge in [-0.2, -0.15) is 0 Å². The molecule has 1 fully saturated rings. The molecule has 5 heteroatoms. The number of unbranched alkanes of at least 4 members (excludes halogenated alkanes) is 1. The Morgan fingerprint density at radius 2 is 2.10 bits per heavy atom. The molecule has 0 aromatic heterocycles. The number of rotatable bonds is 5. The predicted molar refractivity (Wildman–Crippen MR) is 77.0 cm³/mol. The number of hydrogen-bond donors (Lipinski definition) is 0. The molecule has 1 saturated heterocycles. The smallest absolute Gasteiger partial charge is 0.417 e. The molecule has 0 aliphatic carbocycles. The Kier molecular flexibility index (Phi) is 4.98. The van der Waals surface area contributed by atoms with Crippen molar-refractivity contribution in [2.75, 3.05) is 0 Å². The van der Waals surface area contributed by atoms with Gasteiger partial charge in [-0.05, 0) is 12.0 Å². The molecule has 0 spiro atoms. The summed E-state index contributed by atoms with van der Waals surface area (Å²) in [5, 5.41) is 0. The Morgan fingerprint density at radius 1 is 1.38 bits per heavy atom. The van der Waals surface area contributed by atoms with Gasteiger partial charge in [0.25, 0.3) is 0 Å². The van der Waals surface area contributed by atoms with E-state index in [-0.39, 0.29) is 12.3 Å². The first-order valence-electron chi connectivity index (χ1n) is 7.03. The van der Waals surface area contributed by atoms with Crippen molar-refractivity contribution in [2.24, 2.45) is 0 Å². The van der Waals surface area contributed by atoms with E-state index >= 15 is 0 Å². The molecule has 0 radical (unpaired) electrons. The highest BCUT2D eigenvalue weighted by Crippen LogP contribution is 2.25. The lowest BCUT2D eigenvalue weighted by molar-refractivity contribution is -0.140. The maximum atomic E-state index is 12.2. The number of amides is 1. The van der Waals surface area contributed by atoms with Gasteiger partial charge in [0, 0.05) is 6.42 Å². The summed E-state index contributed by atoms with van der Waals surface area (Å²) < 4.78 is 10.4. The molecule has 0 N–H and O–H groups in total. The van der Waals surface area contributed by atoms with Gasteiger partial charge in [0.1, 0.15) is 12.3 Å². The zero-order valence-electron chi connectivity index (χ0n) is 12.1. The van der Waals surface area contributed by atoms with Crippen LogP contribution in [0.3, 0.4) is 0 Å². The number of esters is 1. The molecule has 112 valence electrons. The van der Waals surface area contributed by atoms with E-state index in [1.54, 1.807) is 0 Å². The van der Waals surface area contributed by atoms with E-state index in [1.165, 1.54) is 4.90 Å². The molecule has 1 amide bonds. The molecule has 1 aromatic carbocycles. The van der Waals surface area contributed by atoms with Gasteiger partial charge in [0.15, 0.2) is 6.23 Å². The van der Waals surface area contributed by atoms with Gasteiger partial charge >= 0.3 is 12.1 Å². The van der Waals surface area contributed by atoms with Crippen molar-refractivity contribution >= 4 is 12.1 Å². The first-order valence-corrected chi connectivity index (χ1v) is 7.03. The van der Waals surface area contributed by atoms with Crippen LogP contribution in [0.4, 0.5) is 4.79 Å². The van der Waals surface area contributed by atoms with Crippen molar-refractivity contribution in [2.45, 2.75) is 39.0 Å². The lowest BCUT2D eigenvalue weighted by atomic mass is 10.2. The topological polar surface area (TPSA) is 55.8 Å². The first-order chi connectivity index (χ1) is 10.1. The van der Waals surface area contributed by atoms with Crippen molar-refractivity contribution in [3.05, 3.63) is 48.2 Å². The summed E-state index contributed by atoms with van der Waals surface area (Å²) in [6, 6.07) is 9.36. The van der Waals surface area contributed by atoms with Crippen LogP contribution in [0.5, 0.6) is 0 Å². The van der Waals surface area contributed by atoms with Crippen LogP contribution in [0.1, 0.15) is 31.7 Å². The summed E-state index contributed by atoms with van der Waals surface area (Å²) in [7, 11) is 0. The average molecular weight is 289 g/mol. The summed E-state index contributed by atoms with van der Waals surface area (Å²) in [6.45, 7) is 5.78. The number of benzene rings is 1. The lowest BCUT2D eigenvalue weighted by Gasteiger charge is -2.21. The standard InChI is InChI=1S/C16H19NO4/c1-3-4-10-14-17(12(2)15(18)21-14)16(19)20-11-13-8-6-5-7-9-13/h5-9,14H,2-4,10-11H2,1H3/t14-/m0/s1. The normalized spacial score (nSPS) is 17.8. The number of cyclic esters (lactones) is 1. The van der Waals surface area contributed by atoms with E-state index in [0.717, 1.165) is 18.4 Å². The van der Waals surface area contributed by atoms with Crippen LogP contribution in [0.25, 0.3) is 0 Å². The fourth-order valence-electron chi connectivity index (χ4n) is 2.10. The van der Waals surface area contributed by atoms with E-state index in [9.17, 15) is 9.59 Å². The van der Waals surface area contributed by atoms with Crippen LogP contribution in [-0.2, 0) is 20.9 Å². The maximum Gasteiger partial charge on any atom is 0.417 e. The lowest BCUT2D eigenvalue weighted by Crippen LogP contribution is -2.35.